The van der Waals surface area contributed by atoms with E-state index in [1.165, 1.54) is 12.1 Å². The van der Waals surface area contributed by atoms with Crippen LogP contribution in [0.25, 0.3) is 0 Å². The molecule has 1 atom stereocenters. The molecule has 1 unspecified atom stereocenters. The van der Waals surface area contributed by atoms with Gasteiger partial charge in [0.25, 0.3) is 18.5 Å². The minimum absolute atomic E-state index is 0.186. The fourth-order valence-corrected chi connectivity index (χ4v) is 2.74. The molecule has 2 aromatic rings. The molecule has 0 aliphatic rings. The number of nitro groups is 1. The van der Waals surface area contributed by atoms with E-state index in [2.05, 4.69) is 10.4 Å². The maximum Gasteiger partial charge on any atom is 0.296 e. The van der Waals surface area contributed by atoms with E-state index in [-0.39, 0.29) is 18.0 Å². The molecule has 1 heterocycles. The van der Waals surface area contributed by atoms with Gasteiger partial charge in [-0.15, -0.1) is 0 Å². The minimum Gasteiger partial charge on any atom is -0.494 e. The number of ether oxygens (including phenoxy) is 1. The molecule has 1 aromatic carbocycles. The Kier molecular flexibility index (Phi) is 7.01. The molecule has 1 amide bonds. The molecular formula is C16H15ClF4N4O4. The number of carbonyl (C=O) groups excluding carboxylic acids is 1. The SMILES string of the molecule is CCOc1ccc(NC(=O)C(C)n2nc(C(F)F)c(Cl)c2C(F)F)c([N+](=O)[O-])c1. The first-order chi connectivity index (χ1) is 13.6. The van der Waals surface area contributed by atoms with Gasteiger partial charge >= 0.3 is 0 Å². The van der Waals surface area contributed by atoms with Gasteiger partial charge in [0.05, 0.1) is 22.6 Å². The molecule has 0 saturated carbocycles. The van der Waals surface area contributed by atoms with Gasteiger partial charge < -0.3 is 10.1 Å². The van der Waals surface area contributed by atoms with Crippen molar-refractivity contribution in [1.82, 2.24) is 9.78 Å². The van der Waals surface area contributed by atoms with E-state index < -0.39 is 51.8 Å². The van der Waals surface area contributed by atoms with E-state index in [1.807, 2.05) is 0 Å². The molecule has 0 aliphatic carbocycles. The Morgan fingerprint density at radius 1 is 1.34 bits per heavy atom. The van der Waals surface area contributed by atoms with Crippen molar-refractivity contribution < 1.29 is 32.0 Å². The van der Waals surface area contributed by atoms with Gasteiger partial charge in [-0.05, 0) is 26.0 Å². The number of nitro benzene ring substituents is 1. The summed E-state index contributed by atoms with van der Waals surface area (Å²) in [4.78, 5) is 22.9. The van der Waals surface area contributed by atoms with Crippen LogP contribution in [0.5, 0.6) is 5.75 Å². The molecule has 0 fully saturated rings. The summed E-state index contributed by atoms with van der Waals surface area (Å²) in [6, 6.07) is 2.12. The maximum absolute atomic E-state index is 13.3. The zero-order valence-corrected chi connectivity index (χ0v) is 15.8. The van der Waals surface area contributed by atoms with E-state index >= 15 is 0 Å². The van der Waals surface area contributed by atoms with Crippen molar-refractivity contribution in [2.45, 2.75) is 32.7 Å². The Bertz CT molecular complexity index is 923. The highest BCUT2D eigenvalue weighted by Crippen LogP contribution is 2.36. The number of hydrogen-bond acceptors (Lipinski definition) is 5. The molecule has 0 spiro atoms. The summed E-state index contributed by atoms with van der Waals surface area (Å²) in [6.45, 7) is 3.04. The fraction of sp³-hybridized carbons (Fsp3) is 0.375. The Morgan fingerprint density at radius 2 is 2.00 bits per heavy atom. The lowest BCUT2D eigenvalue weighted by Gasteiger charge is -2.16. The highest BCUT2D eigenvalue weighted by molar-refractivity contribution is 6.32. The van der Waals surface area contributed by atoms with E-state index in [0.29, 0.717) is 4.68 Å². The molecular weight excluding hydrogens is 424 g/mol. The standard InChI is InChI=1S/C16H15ClF4N4O4/c1-3-29-8-4-5-9(10(6-8)25(27)28)22-16(26)7(2)24-13(15(20)21)11(17)12(23-24)14(18)19/h4-7,14-15H,3H2,1-2H3,(H,22,26). The number of rotatable bonds is 8. The van der Waals surface area contributed by atoms with Gasteiger partial charge in [0.2, 0.25) is 5.91 Å². The van der Waals surface area contributed by atoms with Gasteiger partial charge in [0.15, 0.2) is 0 Å². The van der Waals surface area contributed by atoms with Crippen molar-refractivity contribution in [3.8, 4) is 5.75 Å². The van der Waals surface area contributed by atoms with Crippen LogP contribution in [0, 0.1) is 10.1 Å². The lowest BCUT2D eigenvalue weighted by Crippen LogP contribution is -2.26. The van der Waals surface area contributed by atoms with Crippen molar-refractivity contribution in [3.63, 3.8) is 0 Å². The van der Waals surface area contributed by atoms with Gasteiger partial charge in [-0.3, -0.25) is 14.9 Å². The number of aromatic nitrogens is 2. The van der Waals surface area contributed by atoms with Gasteiger partial charge in [-0.2, -0.15) is 5.10 Å². The van der Waals surface area contributed by atoms with Gasteiger partial charge in [0.1, 0.15) is 28.9 Å². The molecule has 8 nitrogen and oxygen atoms in total. The third-order valence-corrected chi connectivity index (χ3v) is 4.19. The van der Waals surface area contributed by atoms with Crippen LogP contribution >= 0.6 is 11.6 Å². The molecule has 29 heavy (non-hydrogen) atoms. The predicted molar refractivity (Wildman–Crippen MR) is 94.8 cm³/mol. The van der Waals surface area contributed by atoms with Crippen molar-refractivity contribution in [1.29, 1.82) is 0 Å². The molecule has 158 valence electrons. The minimum atomic E-state index is -3.28. The number of halogens is 5. The first-order valence-corrected chi connectivity index (χ1v) is 8.52. The van der Waals surface area contributed by atoms with Gasteiger partial charge in [-0.1, -0.05) is 11.6 Å². The van der Waals surface area contributed by atoms with E-state index in [0.717, 1.165) is 13.0 Å². The Morgan fingerprint density at radius 3 is 2.52 bits per heavy atom. The van der Waals surface area contributed by atoms with Gasteiger partial charge in [-0.25, -0.2) is 22.2 Å². The molecule has 0 bridgehead atoms. The molecule has 0 radical (unpaired) electrons. The molecule has 1 N–H and O–H groups in total. The van der Waals surface area contributed by atoms with E-state index in [9.17, 15) is 32.5 Å². The lowest BCUT2D eigenvalue weighted by atomic mass is 10.2. The summed E-state index contributed by atoms with van der Waals surface area (Å²) in [5, 5.41) is 15.8. The zero-order valence-electron chi connectivity index (χ0n) is 15.0. The number of carbonyl (C=O) groups is 1. The van der Waals surface area contributed by atoms with Crippen LogP contribution in [0.15, 0.2) is 18.2 Å². The number of nitrogens with zero attached hydrogens (tertiary/aromatic N) is 3. The van der Waals surface area contributed by atoms with Crippen LogP contribution in [0.3, 0.4) is 0 Å². The van der Waals surface area contributed by atoms with Crippen LogP contribution < -0.4 is 10.1 Å². The van der Waals surface area contributed by atoms with Crippen molar-refractivity contribution in [3.05, 3.63) is 44.7 Å². The van der Waals surface area contributed by atoms with Crippen LogP contribution in [0.1, 0.15) is 44.1 Å². The van der Waals surface area contributed by atoms with Crippen LogP contribution in [-0.2, 0) is 4.79 Å². The van der Waals surface area contributed by atoms with Gasteiger partial charge in [0, 0.05) is 0 Å². The molecule has 0 saturated heterocycles. The highest BCUT2D eigenvalue weighted by atomic mass is 35.5. The first kappa shape index (κ1) is 22.4. The highest BCUT2D eigenvalue weighted by Gasteiger charge is 2.32. The molecule has 1 aromatic heterocycles. The third kappa shape index (κ3) is 4.75. The number of benzene rings is 1. The quantitative estimate of drug-likeness (QED) is 0.358. The van der Waals surface area contributed by atoms with E-state index in [4.69, 9.17) is 16.3 Å². The second-order valence-corrected chi connectivity index (χ2v) is 6.04. The number of amides is 1. The Hall–Kier alpha value is -2.89. The summed E-state index contributed by atoms with van der Waals surface area (Å²) >= 11 is 5.56. The number of hydrogen-bond donors (Lipinski definition) is 1. The average Bonchev–Trinajstić information content (AvgIpc) is 2.99. The van der Waals surface area contributed by atoms with Crippen LogP contribution in [0.4, 0.5) is 28.9 Å². The Balaban J connectivity index is 2.37. The summed E-state index contributed by atoms with van der Waals surface area (Å²) < 4.78 is 58.0. The van der Waals surface area contributed by atoms with Crippen LogP contribution in [-0.4, -0.2) is 27.2 Å². The number of alkyl halides is 4. The van der Waals surface area contributed by atoms with Crippen molar-refractivity contribution in [2.24, 2.45) is 0 Å². The van der Waals surface area contributed by atoms with Crippen LogP contribution in [0.2, 0.25) is 5.02 Å². The smallest absolute Gasteiger partial charge is 0.296 e. The normalized spacial score (nSPS) is 12.3. The second kappa shape index (κ2) is 9.07. The largest absolute Gasteiger partial charge is 0.494 e. The Labute approximate surface area is 166 Å². The zero-order chi connectivity index (χ0) is 21.9. The lowest BCUT2D eigenvalue weighted by molar-refractivity contribution is -0.384. The topological polar surface area (TPSA) is 99.3 Å². The maximum atomic E-state index is 13.3. The third-order valence-electron chi connectivity index (χ3n) is 3.81. The number of nitrogens with one attached hydrogen (secondary N) is 1. The summed E-state index contributed by atoms with van der Waals surface area (Å²) in [5.41, 5.74) is -2.88. The summed E-state index contributed by atoms with van der Waals surface area (Å²) in [6.07, 6.45) is -6.51. The predicted octanol–water partition coefficient (Wildman–Crippen LogP) is 4.92. The molecule has 2 rings (SSSR count). The average molecular weight is 439 g/mol. The molecule has 0 aliphatic heterocycles. The summed E-state index contributed by atoms with van der Waals surface area (Å²) in [5.74, 6) is -0.815. The number of anilines is 1. The first-order valence-electron chi connectivity index (χ1n) is 8.14. The summed E-state index contributed by atoms with van der Waals surface area (Å²) in [7, 11) is 0. The van der Waals surface area contributed by atoms with E-state index in [1.54, 1.807) is 6.92 Å². The fourth-order valence-electron chi connectivity index (χ4n) is 2.45. The molecule has 13 heteroatoms. The van der Waals surface area contributed by atoms with Crippen molar-refractivity contribution >= 4 is 28.9 Å². The van der Waals surface area contributed by atoms with Crippen molar-refractivity contribution in [2.75, 3.05) is 11.9 Å². The second-order valence-electron chi connectivity index (χ2n) is 5.66. The monoisotopic (exact) mass is 438 g/mol.